The second-order valence-electron chi connectivity index (χ2n) is 8.35. The zero-order valence-electron chi connectivity index (χ0n) is 18.8. The number of carbonyl (C=O) groups excluding carboxylic acids is 1. The first-order valence-corrected chi connectivity index (χ1v) is 11.1. The normalized spacial score (nSPS) is 15.9. The SMILES string of the molecule is N=C(N)N1CC=C(c2ccc(NC(=O)c3ccc(C4=CCN(C(=N)N)CC4)c(F)c3)cc2)CC1. The van der Waals surface area contributed by atoms with Crippen molar-refractivity contribution in [1.29, 1.82) is 10.8 Å². The second-order valence-corrected chi connectivity index (χ2v) is 8.35. The van der Waals surface area contributed by atoms with Gasteiger partial charge in [0.15, 0.2) is 11.9 Å². The van der Waals surface area contributed by atoms with Crippen LogP contribution >= 0.6 is 0 Å². The first-order chi connectivity index (χ1) is 16.3. The summed E-state index contributed by atoms with van der Waals surface area (Å²) in [6, 6.07) is 12.0. The molecule has 0 saturated carbocycles. The van der Waals surface area contributed by atoms with Crippen LogP contribution in [-0.2, 0) is 0 Å². The Balaban J connectivity index is 1.40. The monoisotopic (exact) mass is 461 g/mol. The van der Waals surface area contributed by atoms with Crippen LogP contribution in [0.25, 0.3) is 11.1 Å². The molecule has 0 radical (unpaired) electrons. The minimum Gasteiger partial charge on any atom is -0.370 e. The van der Waals surface area contributed by atoms with Crippen molar-refractivity contribution in [2.75, 3.05) is 31.5 Å². The average molecular weight is 462 g/mol. The lowest BCUT2D eigenvalue weighted by Crippen LogP contribution is -2.39. The number of halogens is 1. The molecular formula is C25H28FN7O. The van der Waals surface area contributed by atoms with Gasteiger partial charge >= 0.3 is 0 Å². The predicted octanol–water partition coefficient (Wildman–Crippen LogP) is 3.04. The van der Waals surface area contributed by atoms with Crippen molar-refractivity contribution in [2.45, 2.75) is 12.8 Å². The van der Waals surface area contributed by atoms with Gasteiger partial charge in [0.25, 0.3) is 5.91 Å². The van der Waals surface area contributed by atoms with Crippen LogP contribution in [0, 0.1) is 16.6 Å². The van der Waals surface area contributed by atoms with E-state index in [0.29, 0.717) is 43.9 Å². The maximum atomic E-state index is 14.8. The van der Waals surface area contributed by atoms with Gasteiger partial charge in [-0.3, -0.25) is 15.6 Å². The summed E-state index contributed by atoms with van der Waals surface area (Å²) in [4.78, 5) is 16.2. The third-order valence-electron chi connectivity index (χ3n) is 6.19. The van der Waals surface area contributed by atoms with Gasteiger partial charge in [-0.25, -0.2) is 4.39 Å². The minimum absolute atomic E-state index is 0.00548. The first kappa shape index (κ1) is 23.0. The Bertz CT molecular complexity index is 1190. The predicted molar refractivity (Wildman–Crippen MR) is 133 cm³/mol. The van der Waals surface area contributed by atoms with E-state index in [1.807, 2.05) is 30.3 Å². The summed E-state index contributed by atoms with van der Waals surface area (Å²) in [5.41, 5.74) is 15.5. The Labute approximate surface area is 197 Å². The largest absolute Gasteiger partial charge is 0.370 e. The molecule has 2 aliphatic heterocycles. The van der Waals surface area contributed by atoms with E-state index < -0.39 is 5.82 Å². The molecule has 2 heterocycles. The van der Waals surface area contributed by atoms with Crippen LogP contribution in [0.1, 0.15) is 34.3 Å². The van der Waals surface area contributed by atoms with Gasteiger partial charge in [0.2, 0.25) is 0 Å². The van der Waals surface area contributed by atoms with E-state index in [4.69, 9.17) is 22.3 Å². The highest BCUT2D eigenvalue weighted by atomic mass is 19.1. The number of nitrogens with two attached hydrogens (primary N) is 2. The molecule has 4 rings (SSSR count). The number of hydrogen-bond donors (Lipinski definition) is 5. The van der Waals surface area contributed by atoms with E-state index in [2.05, 4.69) is 11.4 Å². The van der Waals surface area contributed by atoms with Crippen LogP contribution in [0.4, 0.5) is 10.1 Å². The Morgan fingerprint density at radius 3 is 1.97 bits per heavy atom. The molecule has 2 aliphatic rings. The Kier molecular flexibility index (Phi) is 6.62. The minimum atomic E-state index is -0.450. The Hall–Kier alpha value is -4.14. The highest BCUT2D eigenvalue weighted by Crippen LogP contribution is 2.26. The van der Waals surface area contributed by atoms with Crippen LogP contribution in [0.5, 0.6) is 0 Å². The van der Waals surface area contributed by atoms with Crippen molar-refractivity contribution in [2.24, 2.45) is 11.5 Å². The van der Waals surface area contributed by atoms with Crippen LogP contribution < -0.4 is 16.8 Å². The van der Waals surface area contributed by atoms with Crippen LogP contribution in [0.3, 0.4) is 0 Å². The summed E-state index contributed by atoms with van der Waals surface area (Å²) >= 11 is 0. The van der Waals surface area contributed by atoms with E-state index in [0.717, 1.165) is 17.6 Å². The lowest BCUT2D eigenvalue weighted by molar-refractivity contribution is 0.102. The van der Waals surface area contributed by atoms with Crippen LogP contribution in [0.2, 0.25) is 0 Å². The lowest BCUT2D eigenvalue weighted by Gasteiger charge is -2.26. The number of hydrogen-bond acceptors (Lipinski definition) is 3. The van der Waals surface area contributed by atoms with Crippen LogP contribution in [-0.4, -0.2) is 53.8 Å². The molecule has 0 unspecified atom stereocenters. The number of rotatable bonds is 4. The third-order valence-corrected chi connectivity index (χ3v) is 6.19. The van der Waals surface area contributed by atoms with Crippen molar-refractivity contribution in [3.8, 4) is 0 Å². The van der Waals surface area contributed by atoms with E-state index in [1.165, 1.54) is 11.6 Å². The fourth-order valence-corrected chi connectivity index (χ4v) is 4.17. The molecule has 7 N–H and O–H groups in total. The van der Waals surface area contributed by atoms with Crippen molar-refractivity contribution < 1.29 is 9.18 Å². The standard InChI is InChI=1S/C25H28FN7O/c26-22-15-19(3-6-21(22)18-9-13-33(14-10-18)25(29)30)23(34)31-20-4-1-16(2-5-20)17-7-11-32(12-8-17)24(27)28/h1-7,9,15H,8,10-14H2,(H3,27,28)(H3,29,30)(H,31,34). The number of carbonyl (C=O) groups is 1. The highest BCUT2D eigenvalue weighted by molar-refractivity contribution is 6.04. The first-order valence-electron chi connectivity index (χ1n) is 11.1. The van der Waals surface area contributed by atoms with Gasteiger partial charge < -0.3 is 26.6 Å². The molecule has 1 amide bonds. The van der Waals surface area contributed by atoms with Gasteiger partial charge in [0.1, 0.15) is 5.82 Å². The number of nitrogens with one attached hydrogen (secondary N) is 3. The van der Waals surface area contributed by atoms with Crippen LogP contribution in [0.15, 0.2) is 54.6 Å². The number of guanidine groups is 2. The zero-order chi connectivity index (χ0) is 24.2. The van der Waals surface area contributed by atoms with Gasteiger partial charge in [-0.05, 0) is 53.8 Å². The Morgan fingerprint density at radius 2 is 1.47 bits per heavy atom. The summed E-state index contributed by atoms with van der Waals surface area (Å²) < 4.78 is 14.8. The summed E-state index contributed by atoms with van der Waals surface area (Å²) in [6.45, 7) is 2.34. The van der Waals surface area contributed by atoms with Crippen molar-refractivity contribution in [1.82, 2.24) is 9.80 Å². The van der Waals surface area contributed by atoms with Gasteiger partial charge in [0, 0.05) is 43.0 Å². The van der Waals surface area contributed by atoms with Gasteiger partial charge in [-0.15, -0.1) is 0 Å². The lowest BCUT2D eigenvalue weighted by atomic mass is 9.97. The molecular weight excluding hydrogens is 433 g/mol. The fourth-order valence-electron chi connectivity index (χ4n) is 4.17. The number of nitrogens with zero attached hydrogens (tertiary/aromatic N) is 2. The quantitative estimate of drug-likeness (QED) is 0.352. The third kappa shape index (κ3) is 5.09. The molecule has 8 nitrogen and oxygen atoms in total. The average Bonchev–Trinajstić information content (AvgIpc) is 2.84. The molecule has 34 heavy (non-hydrogen) atoms. The van der Waals surface area contributed by atoms with Gasteiger partial charge in [0.05, 0.1) is 0 Å². The molecule has 2 aromatic rings. The van der Waals surface area contributed by atoms with Crippen molar-refractivity contribution in [3.05, 3.63) is 77.1 Å². The summed E-state index contributed by atoms with van der Waals surface area (Å²) in [5.74, 6) is -0.749. The van der Waals surface area contributed by atoms with E-state index >= 15 is 0 Å². The van der Waals surface area contributed by atoms with E-state index in [-0.39, 0.29) is 23.4 Å². The van der Waals surface area contributed by atoms with E-state index in [9.17, 15) is 9.18 Å². The molecule has 0 saturated heterocycles. The maximum Gasteiger partial charge on any atom is 0.255 e. The molecule has 0 fully saturated rings. The number of benzene rings is 2. The molecule has 2 aromatic carbocycles. The summed E-state index contributed by atoms with van der Waals surface area (Å²) in [5, 5.41) is 17.8. The molecule has 0 aliphatic carbocycles. The van der Waals surface area contributed by atoms with Crippen molar-refractivity contribution >= 4 is 34.7 Å². The van der Waals surface area contributed by atoms with E-state index in [1.54, 1.807) is 21.9 Å². The topological polar surface area (TPSA) is 135 Å². The number of amides is 1. The summed E-state index contributed by atoms with van der Waals surface area (Å²) in [7, 11) is 0. The zero-order valence-corrected chi connectivity index (χ0v) is 18.8. The fraction of sp³-hybridized carbons (Fsp3) is 0.240. The molecule has 0 spiro atoms. The molecule has 9 heteroatoms. The van der Waals surface area contributed by atoms with Crippen molar-refractivity contribution in [3.63, 3.8) is 0 Å². The molecule has 0 atom stereocenters. The molecule has 0 aromatic heterocycles. The number of anilines is 1. The van der Waals surface area contributed by atoms with Gasteiger partial charge in [-0.2, -0.15) is 0 Å². The Morgan fingerprint density at radius 1 is 0.882 bits per heavy atom. The van der Waals surface area contributed by atoms with Gasteiger partial charge in [-0.1, -0.05) is 30.4 Å². The highest BCUT2D eigenvalue weighted by Gasteiger charge is 2.18. The smallest absolute Gasteiger partial charge is 0.255 e. The molecule has 176 valence electrons. The summed E-state index contributed by atoms with van der Waals surface area (Å²) in [6.07, 6.45) is 5.30. The second kappa shape index (κ2) is 9.78. The maximum absolute atomic E-state index is 14.8. The molecule has 0 bridgehead atoms.